The van der Waals surface area contributed by atoms with Crippen molar-refractivity contribution < 1.29 is 19.2 Å². The molecule has 3 aliphatic rings. The Labute approximate surface area is 156 Å². The molecule has 1 aromatic rings. The first-order valence-corrected chi connectivity index (χ1v) is 9.30. The number of rotatable bonds is 5. The van der Waals surface area contributed by atoms with Crippen LogP contribution in [-0.2, 0) is 16.1 Å². The lowest BCUT2D eigenvalue weighted by Crippen LogP contribution is -2.54. The van der Waals surface area contributed by atoms with Crippen LogP contribution < -0.4 is 16.0 Å². The SMILES string of the molecule is O=C1CCC(N2C(=O)c3ccc(CNCC4CCNC4)cc3C2=O)C(=O)N1. The molecule has 0 bridgehead atoms. The standard InChI is InChI=1S/C19H22N4O4/c24-16-4-3-15(17(25)22-16)23-18(26)13-2-1-11(7-14(13)19(23)27)8-21-10-12-5-6-20-9-12/h1-2,7,12,15,20-21H,3-6,8-10H2,(H,22,24,25). The Morgan fingerprint density at radius 3 is 2.63 bits per heavy atom. The van der Waals surface area contributed by atoms with Crippen LogP contribution in [0.1, 0.15) is 45.5 Å². The Bertz CT molecular complexity index is 816. The molecule has 2 saturated heterocycles. The lowest BCUT2D eigenvalue weighted by atomic mass is 10.0. The Hall–Kier alpha value is -2.58. The zero-order valence-corrected chi connectivity index (χ0v) is 14.9. The topological polar surface area (TPSA) is 108 Å². The third-order valence-electron chi connectivity index (χ3n) is 5.43. The van der Waals surface area contributed by atoms with Gasteiger partial charge in [-0.1, -0.05) is 6.07 Å². The summed E-state index contributed by atoms with van der Waals surface area (Å²) in [5, 5.41) is 8.92. The molecular formula is C19H22N4O4. The molecule has 0 saturated carbocycles. The molecule has 0 spiro atoms. The molecule has 3 N–H and O–H groups in total. The molecule has 3 heterocycles. The van der Waals surface area contributed by atoms with Crippen molar-refractivity contribution in [1.82, 2.24) is 20.9 Å². The minimum absolute atomic E-state index is 0.120. The van der Waals surface area contributed by atoms with Gasteiger partial charge in [-0.25, -0.2) is 0 Å². The lowest BCUT2D eigenvalue weighted by Gasteiger charge is -2.27. The maximum Gasteiger partial charge on any atom is 0.262 e. The maximum atomic E-state index is 12.8. The largest absolute Gasteiger partial charge is 0.316 e. The van der Waals surface area contributed by atoms with E-state index in [0.29, 0.717) is 23.6 Å². The summed E-state index contributed by atoms with van der Waals surface area (Å²) in [5.74, 6) is -1.29. The molecule has 2 fully saturated rings. The van der Waals surface area contributed by atoms with Gasteiger partial charge >= 0.3 is 0 Å². The quantitative estimate of drug-likeness (QED) is 0.619. The fourth-order valence-electron chi connectivity index (χ4n) is 3.94. The monoisotopic (exact) mass is 370 g/mol. The van der Waals surface area contributed by atoms with Crippen molar-refractivity contribution in [3.8, 4) is 0 Å². The number of carbonyl (C=O) groups is 4. The number of nitrogens with zero attached hydrogens (tertiary/aromatic N) is 1. The van der Waals surface area contributed by atoms with Crippen LogP contribution in [0.2, 0.25) is 0 Å². The van der Waals surface area contributed by atoms with Gasteiger partial charge in [0.05, 0.1) is 11.1 Å². The van der Waals surface area contributed by atoms with Gasteiger partial charge < -0.3 is 10.6 Å². The highest BCUT2D eigenvalue weighted by molar-refractivity contribution is 6.23. The van der Waals surface area contributed by atoms with Gasteiger partial charge in [0.1, 0.15) is 6.04 Å². The van der Waals surface area contributed by atoms with Gasteiger partial charge in [0.2, 0.25) is 11.8 Å². The summed E-state index contributed by atoms with van der Waals surface area (Å²) in [6, 6.07) is 4.28. The minimum atomic E-state index is -0.924. The van der Waals surface area contributed by atoms with E-state index in [1.165, 1.54) is 0 Å². The molecule has 142 valence electrons. The van der Waals surface area contributed by atoms with Crippen LogP contribution >= 0.6 is 0 Å². The average molecular weight is 370 g/mol. The lowest BCUT2D eigenvalue weighted by molar-refractivity contribution is -0.136. The summed E-state index contributed by atoms with van der Waals surface area (Å²) in [5.41, 5.74) is 1.56. The van der Waals surface area contributed by atoms with Gasteiger partial charge in [-0.15, -0.1) is 0 Å². The van der Waals surface area contributed by atoms with Crippen LogP contribution in [0.15, 0.2) is 18.2 Å². The molecule has 0 aliphatic carbocycles. The predicted octanol–water partition coefficient (Wildman–Crippen LogP) is -0.213. The van der Waals surface area contributed by atoms with Crippen LogP contribution in [0.3, 0.4) is 0 Å². The summed E-state index contributed by atoms with van der Waals surface area (Å²) in [6.07, 6.45) is 1.44. The number of nitrogens with one attached hydrogen (secondary N) is 3. The van der Waals surface area contributed by atoms with E-state index >= 15 is 0 Å². The Kier molecular flexibility index (Phi) is 4.75. The van der Waals surface area contributed by atoms with E-state index < -0.39 is 23.8 Å². The number of amides is 4. The van der Waals surface area contributed by atoms with Crippen LogP contribution in [0.4, 0.5) is 0 Å². The second-order valence-electron chi connectivity index (χ2n) is 7.32. The first kappa shape index (κ1) is 17.8. The number of hydrogen-bond donors (Lipinski definition) is 3. The van der Waals surface area contributed by atoms with Crippen molar-refractivity contribution in [2.24, 2.45) is 5.92 Å². The van der Waals surface area contributed by atoms with Crippen molar-refractivity contribution in [3.63, 3.8) is 0 Å². The summed E-state index contributed by atoms with van der Waals surface area (Å²) < 4.78 is 0. The first-order valence-electron chi connectivity index (χ1n) is 9.30. The summed E-state index contributed by atoms with van der Waals surface area (Å²) >= 11 is 0. The van der Waals surface area contributed by atoms with Gasteiger partial charge in [-0.05, 0) is 56.1 Å². The highest BCUT2D eigenvalue weighted by Crippen LogP contribution is 2.28. The number of benzene rings is 1. The third-order valence-corrected chi connectivity index (χ3v) is 5.43. The van der Waals surface area contributed by atoms with Crippen molar-refractivity contribution in [2.75, 3.05) is 19.6 Å². The second kappa shape index (κ2) is 7.21. The average Bonchev–Trinajstić information content (AvgIpc) is 3.24. The van der Waals surface area contributed by atoms with Crippen LogP contribution in [0.5, 0.6) is 0 Å². The van der Waals surface area contributed by atoms with E-state index in [-0.39, 0.29) is 18.7 Å². The molecular weight excluding hydrogens is 348 g/mol. The zero-order valence-electron chi connectivity index (χ0n) is 14.9. The zero-order chi connectivity index (χ0) is 19.0. The molecule has 3 aliphatic heterocycles. The smallest absolute Gasteiger partial charge is 0.262 e. The van der Waals surface area contributed by atoms with E-state index in [4.69, 9.17) is 0 Å². The van der Waals surface area contributed by atoms with Crippen molar-refractivity contribution in [1.29, 1.82) is 0 Å². The van der Waals surface area contributed by atoms with Crippen LogP contribution in [0, 0.1) is 5.92 Å². The molecule has 4 amide bonds. The van der Waals surface area contributed by atoms with Gasteiger partial charge in [0, 0.05) is 13.0 Å². The number of hydrogen-bond acceptors (Lipinski definition) is 6. The number of imide groups is 2. The molecule has 0 radical (unpaired) electrons. The molecule has 4 rings (SSSR count). The molecule has 2 unspecified atom stereocenters. The fraction of sp³-hybridized carbons (Fsp3) is 0.474. The molecule has 0 aromatic heterocycles. The number of fused-ring (bicyclic) bond motifs is 1. The van der Waals surface area contributed by atoms with E-state index in [9.17, 15) is 19.2 Å². The molecule has 8 nitrogen and oxygen atoms in total. The summed E-state index contributed by atoms with van der Waals surface area (Å²) in [4.78, 5) is 49.8. The maximum absolute atomic E-state index is 12.8. The molecule has 1 aromatic carbocycles. The van der Waals surface area contributed by atoms with Crippen LogP contribution in [-0.4, -0.2) is 54.2 Å². The highest BCUT2D eigenvalue weighted by Gasteiger charge is 2.44. The molecule has 8 heteroatoms. The van der Waals surface area contributed by atoms with Gasteiger partial charge in [-0.2, -0.15) is 0 Å². The number of piperidine rings is 1. The normalized spacial score (nSPS) is 25.1. The van der Waals surface area contributed by atoms with Gasteiger partial charge in [0.25, 0.3) is 11.8 Å². The van der Waals surface area contributed by atoms with Gasteiger partial charge in [-0.3, -0.25) is 29.4 Å². The Morgan fingerprint density at radius 2 is 1.89 bits per heavy atom. The van der Waals surface area contributed by atoms with Crippen molar-refractivity contribution in [3.05, 3.63) is 34.9 Å². The number of carbonyl (C=O) groups excluding carboxylic acids is 4. The Morgan fingerprint density at radius 1 is 1.07 bits per heavy atom. The minimum Gasteiger partial charge on any atom is -0.316 e. The van der Waals surface area contributed by atoms with Crippen molar-refractivity contribution >= 4 is 23.6 Å². The van der Waals surface area contributed by atoms with E-state index in [1.54, 1.807) is 12.1 Å². The third kappa shape index (κ3) is 3.38. The van der Waals surface area contributed by atoms with E-state index in [0.717, 1.165) is 36.5 Å². The van der Waals surface area contributed by atoms with Crippen molar-refractivity contribution in [2.45, 2.75) is 31.8 Å². The van der Waals surface area contributed by atoms with E-state index in [1.807, 2.05) is 6.07 Å². The molecule has 2 atom stereocenters. The first-order chi connectivity index (χ1) is 13.0. The second-order valence-corrected chi connectivity index (χ2v) is 7.32. The summed E-state index contributed by atoms with van der Waals surface area (Å²) in [6.45, 7) is 3.59. The van der Waals surface area contributed by atoms with Crippen LogP contribution in [0.25, 0.3) is 0 Å². The molecule has 27 heavy (non-hydrogen) atoms. The van der Waals surface area contributed by atoms with E-state index in [2.05, 4.69) is 16.0 Å². The van der Waals surface area contributed by atoms with Gasteiger partial charge in [0.15, 0.2) is 0 Å². The predicted molar refractivity (Wildman–Crippen MR) is 95.8 cm³/mol. The fourth-order valence-corrected chi connectivity index (χ4v) is 3.94. The Balaban J connectivity index is 1.46. The summed E-state index contributed by atoms with van der Waals surface area (Å²) in [7, 11) is 0. The highest BCUT2D eigenvalue weighted by atomic mass is 16.2.